The third-order valence-corrected chi connectivity index (χ3v) is 3.38. The minimum absolute atomic E-state index is 0.0490. The Hall–Kier alpha value is -2.54. The first-order valence-corrected chi connectivity index (χ1v) is 8.84. The number of nitrogens with one attached hydrogen (secondary N) is 4. The predicted molar refractivity (Wildman–Crippen MR) is 112 cm³/mol. The van der Waals surface area contributed by atoms with Crippen LogP contribution in [-0.2, 0) is 18.9 Å². The number of hydrogen-bond acceptors (Lipinski definition) is 8. The van der Waals surface area contributed by atoms with Crippen LogP contribution in [0.1, 0.15) is 0 Å². The van der Waals surface area contributed by atoms with E-state index in [1.165, 1.54) is 14.2 Å². The Kier molecular flexibility index (Phi) is 11.4. The van der Waals surface area contributed by atoms with E-state index in [9.17, 15) is 9.59 Å². The maximum Gasteiger partial charge on any atom is 0.413 e. The third-order valence-electron chi connectivity index (χ3n) is 2.97. The number of carbonyl (C=O) groups excluding carboxylic acids is 2. The van der Waals surface area contributed by atoms with Gasteiger partial charge in [-0.1, -0.05) is 12.1 Å². The first-order chi connectivity index (χ1) is 13.5. The molecular weight excluding hydrogens is 408 g/mol. The number of rotatable bonds is 2. The Labute approximate surface area is 173 Å². The van der Waals surface area contributed by atoms with Gasteiger partial charge in [-0.05, 0) is 36.6 Å². The van der Waals surface area contributed by atoms with E-state index >= 15 is 0 Å². The first-order valence-electron chi connectivity index (χ1n) is 8.02. The van der Waals surface area contributed by atoms with Gasteiger partial charge in [-0.3, -0.25) is 10.6 Å². The summed E-state index contributed by atoms with van der Waals surface area (Å²) in [5.41, 5.74) is 1.08. The van der Waals surface area contributed by atoms with Crippen molar-refractivity contribution in [3.63, 3.8) is 0 Å². The summed E-state index contributed by atoms with van der Waals surface area (Å²) in [4.78, 5) is 22.1. The molecule has 2 amide bonds. The molecule has 1 fully saturated rings. The molecule has 4 N–H and O–H groups in total. The lowest BCUT2D eigenvalue weighted by Gasteiger charge is -2.15. The zero-order valence-electron chi connectivity index (χ0n) is 15.4. The molecule has 1 aliphatic heterocycles. The lowest BCUT2D eigenvalue weighted by molar-refractivity contribution is -0.0334. The van der Waals surface area contributed by atoms with Crippen molar-refractivity contribution in [2.24, 2.45) is 0 Å². The number of para-hydroxylation sites is 2. The van der Waals surface area contributed by atoms with E-state index in [1.54, 1.807) is 24.3 Å². The van der Waals surface area contributed by atoms with Gasteiger partial charge in [0.1, 0.15) is 0 Å². The summed E-state index contributed by atoms with van der Waals surface area (Å²) in [5, 5.41) is 10.3. The molecule has 0 spiro atoms. The van der Waals surface area contributed by atoms with Crippen LogP contribution in [0.2, 0.25) is 0 Å². The smallest absolute Gasteiger partial charge is 0.413 e. The van der Waals surface area contributed by atoms with Gasteiger partial charge in [0.25, 0.3) is 0 Å². The van der Waals surface area contributed by atoms with E-state index in [0.717, 1.165) is 26.4 Å². The van der Waals surface area contributed by atoms with Crippen molar-refractivity contribution >= 4 is 58.2 Å². The number of carbonyl (C=O) groups is 2. The Morgan fingerprint density at radius 2 is 1.18 bits per heavy atom. The van der Waals surface area contributed by atoms with Crippen molar-refractivity contribution < 1.29 is 28.5 Å². The van der Waals surface area contributed by atoms with Gasteiger partial charge in [-0.2, -0.15) is 0 Å². The molecule has 0 bridgehead atoms. The maximum atomic E-state index is 11.1. The van der Waals surface area contributed by atoms with Crippen LogP contribution in [0.25, 0.3) is 0 Å². The summed E-state index contributed by atoms with van der Waals surface area (Å²) in [5.74, 6) is 0. The number of amides is 2. The molecule has 0 saturated carbocycles. The van der Waals surface area contributed by atoms with E-state index in [2.05, 4.69) is 30.7 Å². The number of benzene rings is 1. The Morgan fingerprint density at radius 1 is 0.821 bits per heavy atom. The molecule has 12 heteroatoms. The van der Waals surface area contributed by atoms with E-state index in [4.69, 9.17) is 33.9 Å². The molecule has 1 saturated heterocycles. The van der Waals surface area contributed by atoms with E-state index in [0.29, 0.717) is 11.4 Å². The van der Waals surface area contributed by atoms with Crippen molar-refractivity contribution in [3.05, 3.63) is 24.3 Å². The number of anilines is 2. The van der Waals surface area contributed by atoms with Crippen LogP contribution in [0.15, 0.2) is 24.3 Å². The monoisotopic (exact) mass is 430 g/mol. The molecule has 0 radical (unpaired) electrons. The van der Waals surface area contributed by atoms with E-state index < -0.39 is 12.2 Å². The first kappa shape index (κ1) is 23.5. The highest BCUT2D eigenvalue weighted by Crippen LogP contribution is 2.20. The SMILES string of the molecule is C1COCCO1.COC(=O)NC(=S)Nc1ccccc1NC(=S)NC(=O)OC. The lowest BCUT2D eigenvalue weighted by atomic mass is 10.2. The van der Waals surface area contributed by atoms with Crippen molar-refractivity contribution in [3.8, 4) is 0 Å². The second-order valence-corrected chi connectivity index (χ2v) is 5.73. The van der Waals surface area contributed by atoms with Gasteiger partial charge in [-0.25, -0.2) is 9.59 Å². The Bertz CT molecular complexity index is 622. The summed E-state index contributed by atoms with van der Waals surface area (Å²) in [6.45, 7) is 3.11. The highest BCUT2D eigenvalue weighted by molar-refractivity contribution is 7.80. The van der Waals surface area contributed by atoms with Crippen molar-refractivity contribution in [1.29, 1.82) is 0 Å². The molecule has 154 valence electrons. The zero-order valence-corrected chi connectivity index (χ0v) is 17.0. The summed E-state index contributed by atoms with van der Waals surface area (Å²) in [7, 11) is 2.45. The molecule has 10 nitrogen and oxygen atoms in total. The fourth-order valence-electron chi connectivity index (χ4n) is 1.74. The number of methoxy groups -OCH3 is 2. The van der Waals surface area contributed by atoms with Crippen LogP contribution in [-0.4, -0.2) is 63.1 Å². The Balaban J connectivity index is 0.000000552. The van der Waals surface area contributed by atoms with Crippen LogP contribution in [0.3, 0.4) is 0 Å². The number of thiocarbonyl (C=S) groups is 2. The van der Waals surface area contributed by atoms with Crippen LogP contribution >= 0.6 is 24.4 Å². The average molecular weight is 431 g/mol. The van der Waals surface area contributed by atoms with Gasteiger partial charge >= 0.3 is 12.2 Å². The van der Waals surface area contributed by atoms with Gasteiger partial charge in [0.2, 0.25) is 0 Å². The predicted octanol–water partition coefficient (Wildman–Crippen LogP) is 1.83. The quantitative estimate of drug-likeness (QED) is 0.517. The van der Waals surface area contributed by atoms with Gasteiger partial charge in [-0.15, -0.1) is 0 Å². The molecule has 0 unspecified atom stereocenters. The fraction of sp³-hybridized carbons (Fsp3) is 0.375. The largest absolute Gasteiger partial charge is 0.453 e. The van der Waals surface area contributed by atoms with E-state index in [1.807, 2.05) is 0 Å². The van der Waals surface area contributed by atoms with Crippen LogP contribution in [0.4, 0.5) is 21.0 Å². The topological polar surface area (TPSA) is 119 Å². The molecule has 1 aromatic rings. The van der Waals surface area contributed by atoms with Crippen LogP contribution in [0.5, 0.6) is 0 Å². The highest BCUT2D eigenvalue weighted by Gasteiger charge is 2.09. The van der Waals surface area contributed by atoms with Gasteiger partial charge in [0, 0.05) is 0 Å². The molecule has 2 rings (SSSR count). The van der Waals surface area contributed by atoms with Crippen molar-refractivity contribution in [2.75, 3.05) is 51.3 Å². The summed E-state index contributed by atoms with van der Waals surface area (Å²) in [6, 6.07) is 6.92. The summed E-state index contributed by atoms with van der Waals surface area (Å²) in [6.07, 6.45) is -1.38. The minimum Gasteiger partial charge on any atom is -0.453 e. The van der Waals surface area contributed by atoms with E-state index in [-0.39, 0.29) is 10.2 Å². The molecule has 1 aromatic carbocycles. The molecule has 0 aromatic heterocycles. The zero-order chi connectivity index (χ0) is 20.8. The standard InChI is InChI=1S/C12H14N4O4S2.C4H8O2/c1-19-11(17)15-9(21)13-7-5-3-4-6-8(7)14-10(22)16-12(18)20-2;1-2-6-4-3-5-1/h3-6H,1-2H3,(H2,13,15,17,21)(H2,14,16,18,22);1-4H2. The Morgan fingerprint density at radius 3 is 1.46 bits per heavy atom. The van der Waals surface area contributed by atoms with Gasteiger partial charge in [0.05, 0.1) is 52.0 Å². The third kappa shape index (κ3) is 9.97. The normalized spacial score (nSPS) is 12.4. The molecule has 0 aliphatic carbocycles. The fourth-order valence-corrected chi connectivity index (χ4v) is 2.12. The maximum absolute atomic E-state index is 11.1. The highest BCUT2D eigenvalue weighted by atomic mass is 32.1. The van der Waals surface area contributed by atoms with Gasteiger partial charge < -0.3 is 29.6 Å². The molecule has 1 heterocycles. The number of hydrogen-bond donors (Lipinski definition) is 4. The van der Waals surface area contributed by atoms with Crippen molar-refractivity contribution in [1.82, 2.24) is 10.6 Å². The summed E-state index contributed by atoms with van der Waals surface area (Å²) < 4.78 is 18.8. The molecular formula is C16H22N4O6S2. The molecule has 1 aliphatic rings. The second kappa shape index (κ2) is 13.6. The molecule has 28 heavy (non-hydrogen) atoms. The number of ether oxygens (including phenoxy) is 4. The van der Waals surface area contributed by atoms with Crippen LogP contribution in [0, 0.1) is 0 Å². The molecule has 0 atom stereocenters. The van der Waals surface area contributed by atoms with Gasteiger partial charge in [0.15, 0.2) is 10.2 Å². The summed E-state index contributed by atoms with van der Waals surface area (Å²) >= 11 is 9.93. The minimum atomic E-state index is -0.689. The lowest BCUT2D eigenvalue weighted by Crippen LogP contribution is -2.35. The second-order valence-electron chi connectivity index (χ2n) is 4.91. The average Bonchev–Trinajstić information content (AvgIpc) is 2.70. The van der Waals surface area contributed by atoms with Crippen LogP contribution < -0.4 is 21.3 Å². The van der Waals surface area contributed by atoms with Crippen molar-refractivity contribution in [2.45, 2.75) is 0 Å². The number of alkyl carbamates (subject to hydrolysis) is 2.